The van der Waals surface area contributed by atoms with E-state index in [2.05, 4.69) is 16.2 Å². The third-order valence-electron chi connectivity index (χ3n) is 2.09. The molecule has 6 heteroatoms. The fourth-order valence-corrected chi connectivity index (χ4v) is 1.25. The van der Waals surface area contributed by atoms with E-state index in [9.17, 15) is 14.4 Å². The number of nitrogens with one attached hydrogen (secondary N) is 3. The normalized spacial score (nSPS) is 9.39. The average molecular weight is 249 g/mol. The molecular formula is C12H15N3O3. The van der Waals surface area contributed by atoms with Crippen molar-refractivity contribution in [1.82, 2.24) is 16.2 Å². The highest BCUT2D eigenvalue weighted by atomic mass is 16.2. The van der Waals surface area contributed by atoms with Gasteiger partial charge in [0.2, 0.25) is 5.91 Å². The van der Waals surface area contributed by atoms with Gasteiger partial charge in [-0.1, -0.05) is 30.3 Å². The van der Waals surface area contributed by atoms with Crippen molar-refractivity contribution in [1.29, 1.82) is 0 Å². The molecule has 0 heterocycles. The van der Waals surface area contributed by atoms with Crippen LogP contribution in [-0.4, -0.2) is 24.3 Å². The predicted octanol–water partition coefficient (Wildman–Crippen LogP) is 0.610. The summed E-state index contributed by atoms with van der Waals surface area (Å²) in [6.45, 7) is 1.48. The lowest BCUT2D eigenvalue weighted by atomic mass is 10.1. The van der Waals surface area contributed by atoms with Crippen LogP contribution in [0.15, 0.2) is 30.3 Å². The molecule has 0 saturated carbocycles. The minimum absolute atomic E-state index is 0.0459. The van der Waals surface area contributed by atoms with Gasteiger partial charge in [0.1, 0.15) is 0 Å². The summed E-state index contributed by atoms with van der Waals surface area (Å²) in [6, 6.07) is 8.29. The Bertz CT molecular complexity index is 431. The molecular weight excluding hydrogens is 234 g/mol. The molecule has 6 nitrogen and oxygen atoms in total. The van der Waals surface area contributed by atoms with Crippen molar-refractivity contribution in [2.75, 3.05) is 6.54 Å². The van der Waals surface area contributed by atoms with Crippen molar-refractivity contribution in [2.45, 2.75) is 13.3 Å². The maximum Gasteiger partial charge on any atom is 0.333 e. The van der Waals surface area contributed by atoms with Gasteiger partial charge in [0.25, 0.3) is 0 Å². The standard InChI is InChI=1S/C12H15N3O3/c1-9(16)14-15-12(18)13-8-7-11(17)10-5-3-2-4-6-10/h2-6H,7-8H2,1H3,(H,14,16)(H2,13,15,18). The van der Waals surface area contributed by atoms with Crippen molar-refractivity contribution in [3.63, 3.8) is 0 Å². The zero-order valence-electron chi connectivity index (χ0n) is 10.0. The second-order valence-corrected chi connectivity index (χ2v) is 3.60. The first-order valence-electron chi connectivity index (χ1n) is 5.48. The molecule has 3 N–H and O–H groups in total. The molecule has 0 aliphatic carbocycles. The third-order valence-corrected chi connectivity index (χ3v) is 2.09. The number of amides is 3. The first-order chi connectivity index (χ1) is 8.59. The maximum absolute atomic E-state index is 11.7. The van der Waals surface area contributed by atoms with Crippen molar-refractivity contribution in [2.24, 2.45) is 0 Å². The number of benzene rings is 1. The molecule has 0 atom stereocenters. The summed E-state index contributed by atoms with van der Waals surface area (Å²) in [5, 5.41) is 2.45. The van der Waals surface area contributed by atoms with Crippen LogP contribution < -0.4 is 16.2 Å². The van der Waals surface area contributed by atoms with Crippen LogP contribution in [0.2, 0.25) is 0 Å². The summed E-state index contributed by atoms with van der Waals surface area (Å²) in [6.07, 6.45) is 0.206. The summed E-state index contributed by atoms with van der Waals surface area (Å²) in [4.78, 5) is 33.3. The smallest absolute Gasteiger partial charge is 0.333 e. The molecule has 1 aromatic rings. The topological polar surface area (TPSA) is 87.3 Å². The maximum atomic E-state index is 11.7. The van der Waals surface area contributed by atoms with E-state index >= 15 is 0 Å². The highest BCUT2D eigenvalue weighted by Gasteiger charge is 2.06. The summed E-state index contributed by atoms with van der Waals surface area (Å²) >= 11 is 0. The quantitative estimate of drug-likeness (QED) is 0.539. The molecule has 0 aliphatic heterocycles. The van der Waals surface area contributed by atoms with Gasteiger partial charge in [0.05, 0.1) is 0 Å². The van der Waals surface area contributed by atoms with Crippen LogP contribution >= 0.6 is 0 Å². The number of hydrazine groups is 1. The van der Waals surface area contributed by atoms with E-state index in [1.165, 1.54) is 6.92 Å². The van der Waals surface area contributed by atoms with Crippen LogP contribution in [0.3, 0.4) is 0 Å². The van der Waals surface area contributed by atoms with Gasteiger partial charge in [0, 0.05) is 25.5 Å². The Hall–Kier alpha value is -2.37. The van der Waals surface area contributed by atoms with Gasteiger partial charge in [-0.05, 0) is 0 Å². The molecule has 0 unspecified atom stereocenters. The van der Waals surface area contributed by atoms with Crippen molar-refractivity contribution in [3.05, 3.63) is 35.9 Å². The largest absolute Gasteiger partial charge is 0.336 e. The first-order valence-corrected chi connectivity index (χ1v) is 5.48. The molecule has 18 heavy (non-hydrogen) atoms. The highest BCUT2D eigenvalue weighted by molar-refractivity contribution is 5.96. The minimum atomic E-state index is -0.550. The second kappa shape index (κ2) is 7.05. The number of carbonyl (C=O) groups is 3. The lowest BCUT2D eigenvalue weighted by Gasteiger charge is -2.06. The monoisotopic (exact) mass is 249 g/mol. The number of ketones is 1. The molecule has 0 spiro atoms. The van der Waals surface area contributed by atoms with Crippen LogP contribution in [0.25, 0.3) is 0 Å². The molecule has 1 aromatic carbocycles. The van der Waals surface area contributed by atoms with Crippen molar-refractivity contribution < 1.29 is 14.4 Å². The van der Waals surface area contributed by atoms with Crippen LogP contribution in [0.1, 0.15) is 23.7 Å². The molecule has 0 radical (unpaired) electrons. The average Bonchev–Trinajstić information content (AvgIpc) is 2.37. The molecule has 0 aliphatic rings. The van der Waals surface area contributed by atoms with Gasteiger partial charge in [-0.25, -0.2) is 10.2 Å². The SMILES string of the molecule is CC(=O)NNC(=O)NCCC(=O)c1ccccc1. The summed E-state index contributed by atoms with van der Waals surface area (Å²) in [5.41, 5.74) is 4.88. The van der Waals surface area contributed by atoms with E-state index in [0.29, 0.717) is 5.56 Å². The number of hydrogen-bond donors (Lipinski definition) is 3. The number of urea groups is 1. The molecule has 0 aromatic heterocycles. The van der Waals surface area contributed by atoms with E-state index in [-0.39, 0.29) is 24.7 Å². The first kappa shape index (κ1) is 13.7. The number of rotatable bonds is 4. The second-order valence-electron chi connectivity index (χ2n) is 3.60. The van der Waals surface area contributed by atoms with Crippen LogP contribution in [-0.2, 0) is 4.79 Å². The summed E-state index contributed by atoms with van der Waals surface area (Å²) in [7, 11) is 0. The predicted molar refractivity (Wildman–Crippen MR) is 65.7 cm³/mol. The number of hydrogen-bond acceptors (Lipinski definition) is 3. The summed E-state index contributed by atoms with van der Waals surface area (Å²) < 4.78 is 0. The van der Waals surface area contributed by atoms with Gasteiger partial charge in [0.15, 0.2) is 5.78 Å². The lowest BCUT2D eigenvalue weighted by Crippen LogP contribution is -2.46. The Morgan fingerprint density at radius 2 is 1.72 bits per heavy atom. The third kappa shape index (κ3) is 5.11. The molecule has 0 bridgehead atoms. The Kier molecular flexibility index (Phi) is 5.37. The Labute approximate surface area is 105 Å². The van der Waals surface area contributed by atoms with Crippen molar-refractivity contribution in [3.8, 4) is 0 Å². The Balaban J connectivity index is 2.24. The molecule has 0 fully saturated rings. The molecule has 3 amide bonds. The summed E-state index contributed by atoms with van der Waals surface area (Å²) in [5.74, 6) is -0.416. The zero-order valence-corrected chi connectivity index (χ0v) is 10.0. The van der Waals surface area contributed by atoms with Gasteiger partial charge in [-0.15, -0.1) is 0 Å². The minimum Gasteiger partial charge on any atom is -0.336 e. The van der Waals surface area contributed by atoms with Crippen LogP contribution in [0.5, 0.6) is 0 Å². The van der Waals surface area contributed by atoms with E-state index in [1.807, 2.05) is 6.07 Å². The van der Waals surface area contributed by atoms with Gasteiger partial charge in [-0.2, -0.15) is 0 Å². The molecule has 1 rings (SSSR count). The Morgan fingerprint density at radius 3 is 2.33 bits per heavy atom. The lowest BCUT2D eigenvalue weighted by molar-refractivity contribution is -0.119. The van der Waals surface area contributed by atoms with Crippen molar-refractivity contribution >= 4 is 17.7 Å². The zero-order chi connectivity index (χ0) is 13.4. The van der Waals surface area contributed by atoms with Crippen LogP contribution in [0.4, 0.5) is 4.79 Å². The molecule has 0 saturated heterocycles. The van der Waals surface area contributed by atoms with Gasteiger partial charge in [-0.3, -0.25) is 15.0 Å². The fraction of sp³-hybridized carbons (Fsp3) is 0.250. The van der Waals surface area contributed by atoms with Crippen LogP contribution in [0, 0.1) is 0 Å². The number of Topliss-reactive ketones (excluding diaryl/α,β-unsaturated/α-hetero) is 1. The number of carbonyl (C=O) groups excluding carboxylic acids is 3. The Morgan fingerprint density at radius 1 is 1.06 bits per heavy atom. The molecule has 96 valence electrons. The van der Waals surface area contributed by atoms with E-state index in [0.717, 1.165) is 0 Å². The van der Waals surface area contributed by atoms with Gasteiger partial charge >= 0.3 is 6.03 Å². The van der Waals surface area contributed by atoms with E-state index in [1.54, 1.807) is 24.3 Å². The van der Waals surface area contributed by atoms with Gasteiger partial charge < -0.3 is 5.32 Å². The highest BCUT2D eigenvalue weighted by Crippen LogP contribution is 2.01. The van der Waals surface area contributed by atoms with E-state index in [4.69, 9.17) is 0 Å². The van der Waals surface area contributed by atoms with E-state index < -0.39 is 6.03 Å². The fourth-order valence-electron chi connectivity index (χ4n) is 1.25.